The van der Waals surface area contributed by atoms with Crippen molar-refractivity contribution in [2.75, 3.05) is 26.1 Å². The Bertz CT molecular complexity index is 1050. The van der Waals surface area contributed by atoms with Crippen LogP contribution in [0.1, 0.15) is 27.7 Å². The number of nitrogens with one attached hydrogen (secondary N) is 1. The molecule has 3 aromatic carbocycles. The number of fused-ring (bicyclic) bond motifs is 1. The number of amides is 1. The molecule has 6 heteroatoms. The van der Waals surface area contributed by atoms with E-state index in [1.165, 1.54) is 7.11 Å². The van der Waals surface area contributed by atoms with Gasteiger partial charge in [-0.2, -0.15) is 0 Å². The SMILES string of the molecule is COc1ccc(CCN2C(=O)c3ccccc3N[C@H]2c2cccc(OC)c2O)cc1. The largest absolute Gasteiger partial charge is 0.504 e. The predicted octanol–water partition coefficient (Wildman–Crippen LogP) is 4.22. The summed E-state index contributed by atoms with van der Waals surface area (Å²) in [7, 11) is 3.14. The van der Waals surface area contributed by atoms with Crippen LogP contribution in [0, 0.1) is 0 Å². The number of aromatic hydroxyl groups is 1. The summed E-state index contributed by atoms with van der Waals surface area (Å²) in [6.07, 6.45) is 0.154. The molecule has 0 bridgehead atoms. The van der Waals surface area contributed by atoms with Crippen molar-refractivity contribution in [3.8, 4) is 17.2 Å². The third kappa shape index (κ3) is 3.64. The van der Waals surface area contributed by atoms with Crippen LogP contribution in [0.4, 0.5) is 5.69 Å². The van der Waals surface area contributed by atoms with Gasteiger partial charge in [0.1, 0.15) is 11.9 Å². The van der Waals surface area contributed by atoms with E-state index in [0.29, 0.717) is 29.8 Å². The van der Waals surface area contributed by atoms with Crippen LogP contribution in [0.25, 0.3) is 0 Å². The number of benzene rings is 3. The number of rotatable bonds is 6. The van der Waals surface area contributed by atoms with Gasteiger partial charge in [0.25, 0.3) is 5.91 Å². The molecule has 1 heterocycles. The van der Waals surface area contributed by atoms with E-state index in [4.69, 9.17) is 9.47 Å². The average molecular weight is 404 g/mol. The normalized spacial score (nSPS) is 15.3. The first-order valence-electron chi connectivity index (χ1n) is 9.77. The molecular weight excluding hydrogens is 380 g/mol. The Morgan fingerprint density at radius 3 is 2.47 bits per heavy atom. The Balaban J connectivity index is 1.67. The first-order chi connectivity index (χ1) is 14.6. The second-order valence-electron chi connectivity index (χ2n) is 7.09. The lowest BCUT2D eigenvalue weighted by Gasteiger charge is -2.38. The van der Waals surface area contributed by atoms with Gasteiger partial charge in [0, 0.05) is 17.8 Å². The van der Waals surface area contributed by atoms with Crippen molar-refractivity contribution in [3.63, 3.8) is 0 Å². The summed E-state index contributed by atoms with van der Waals surface area (Å²) >= 11 is 0. The van der Waals surface area contributed by atoms with Crippen molar-refractivity contribution in [2.45, 2.75) is 12.6 Å². The number of carbonyl (C=O) groups is 1. The topological polar surface area (TPSA) is 71.0 Å². The minimum Gasteiger partial charge on any atom is -0.504 e. The highest BCUT2D eigenvalue weighted by Gasteiger charge is 2.34. The Morgan fingerprint density at radius 1 is 0.967 bits per heavy atom. The second-order valence-corrected chi connectivity index (χ2v) is 7.09. The number of methoxy groups -OCH3 is 2. The molecule has 2 N–H and O–H groups in total. The zero-order chi connectivity index (χ0) is 21.1. The van der Waals surface area contributed by atoms with E-state index in [0.717, 1.165) is 17.0 Å². The summed E-state index contributed by atoms with van der Waals surface area (Å²) < 4.78 is 10.5. The zero-order valence-electron chi connectivity index (χ0n) is 17.0. The number of anilines is 1. The van der Waals surface area contributed by atoms with Gasteiger partial charge in [-0.15, -0.1) is 0 Å². The van der Waals surface area contributed by atoms with Gasteiger partial charge in [0.15, 0.2) is 11.5 Å². The molecule has 1 aliphatic heterocycles. The number of para-hydroxylation sites is 2. The molecule has 0 radical (unpaired) electrons. The van der Waals surface area contributed by atoms with E-state index in [1.807, 2.05) is 54.6 Å². The maximum atomic E-state index is 13.3. The van der Waals surface area contributed by atoms with Gasteiger partial charge in [0.2, 0.25) is 0 Å². The summed E-state index contributed by atoms with van der Waals surface area (Å²) in [5.41, 5.74) is 3.05. The number of phenolic OH excluding ortho intramolecular Hbond substituents is 1. The predicted molar refractivity (Wildman–Crippen MR) is 115 cm³/mol. The van der Waals surface area contributed by atoms with Gasteiger partial charge < -0.3 is 24.8 Å². The minimum absolute atomic E-state index is 0.0270. The van der Waals surface area contributed by atoms with Crippen LogP contribution in [-0.2, 0) is 6.42 Å². The van der Waals surface area contributed by atoms with Gasteiger partial charge in [-0.3, -0.25) is 4.79 Å². The van der Waals surface area contributed by atoms with E-state index in [2.05, 4.69) is 5.32 Å². The standard InChI is InChI=1S/C24H24N2O4/c1-29-17-12-10-16(11-13-17)14-15-26-23(19-7-5-9-21(30-2)22(19)27)25-20-8-4-3-6-18(20)24(26)28/h3-13,23,25,27H,14-15H2,1-2H3/t23-/m1/s1. The first-order valence-corrected chi connectivity index (χ1v) is 9.77. The summed E-state index contributed by atoms with van der Waals surface area (Å²) in [6, 6.07) is 20.5. The number of hydrogen-bond donors (Lipinski definition) is 2. The molecule has 0 fully saturated rings. The lowest BCUT2D eigenvalue weighted by molar-refractivity contribution is 0.0683. The number of nitrogens with zero attached hydrogens (tertiary/aromatic N) is 1. The third-order valence-electron chi connectivity index (χ3n) is 5.37. The Labute approximate surface area is 175 Å². The number of hydrogen-bond acceptors (Lipinski definition) is 5. The highest BCUT2D eigenvalue weighted by atomic mass is 16.5. The summed E-state index contributed by atoms with van der Waals surface area (Å²) in [5.74, 6) is 1.11. The molecule has 4 rings (SSSR count). The van der Waals surface area contributed by atoms with Crippen LogP contribution in [0.5, 0.6) is 17.2 Å². The summed E-state index contributed by atoms with van der Waals surface area (Å²) in [4.78, 5) is 15.1. The van der Waals surface area contributed by atoms with Gasteiger partial charge in [-0.05, 0) is 42.3 Å². The second kappa shape index (κ2) is 8.37. The van der Waals surface area contributed by atoms with Crippen molar-refractivity contribution in [1.29, 1.82) is 0 Å². The van der Waals surface area contributed by atoms with E-state index < -0.39 is 6.17 Å². The molecule has 30 heavy (non-hydrogen) atoms. The lowest BCUT2D eigenvalue weighted by Crippen LogP contribution is -2.44. The molecule has 1 atom stereocenters. The van der Waals surface area contributed by atoms with Crippen LogP contribution in [-0.4, -0.2) is 36.7 Å². The van der Waals surface area contributed by atoms with Crippen LogP contribution in [0.2, 0.25) is 0 Å². The fraction of sp³-hybridized carbons (Fsp3) is 0.208. The molecule has 0 saturated heterocycles. The molecule has 0 aliphatic carbocycles. The fourth-order valence-corrected chi connectivity index (χ4v) is 3.74. The van der Waals surface area contributed by atoms with Crippen molar-refractivity contribution in [3.05, 3.63) is 83.4 Å². The summed E-state index contributed by atoms with van der Waals surface area (Å²) in [6.45, 7) is 0.480. The molecule has 6 nitrogen and oxygen atoms in total. The van der Waals surface area contributed by atoms with Crippen LogP contribution in [0.15, 0.2) is 66.7 Å². The van der Waals surface area contributed by atoms with Crippen molar-refractivity contribution >= 4 is 11.6 Å². The summed E-state index contributed by atoms with van der Waals surface area (Å²) in [5, 5.41) is 14.1. The molecule has 0 aromatic heterocycles. The fourth-order valence-electron chi connectivity index (χ4n) is 3.74. The number of ether oxygens (including phenoxy) is 2. The molecule has 3 aromatic rings. The smallest absolute Gasteiger partial charge is 0.257 e. The number of phenols is 1. The van der Waals surface area contributed by atoms with E-state index >= 15 is 0 Å². The number of carbonyl (C=O) groups excluding carboxylic acids is 1. The quantitative estimate of drug-likeness (QED) is 0.644. The van der Waals surface area contributed by atoms with Crippen molar-refractivity contribution in [2.24, 2.45) is 0 Å². The molecule has 1 aliphatic rings. The van der Waals surface area contributed by atoms with Crippen LogP contribution in [0.3, 0.4) is 0 Å². The molecule has 0 spiro atoms. The van der Waals surface area contributed by atoms with Crippen LogP contribution >= 0.6 is 0 Å². The maximum Gasteiger partial charge on any atom is 0.257 e. The van der Waals surface area contributed by atoms with Gasteiger partial charge >= 0.3 is 0 Å². The van der Waals surface area contributed by atoms with Gasteiger partial charge in [-0.25, -0.2) is 0 Å². The Kier molecular flexibility index (Phi) is 5.48. The average Bonchev–Trinajstić information content (AvgIpc) is 2.79. The molecule has 154 valence electrons. The van der Waals surface area contributed by atoms with E-state index in [1.54, 1.807) is 24.1 Å². The highest BCUT2D eigenvalue weighted by molar-refractivity contribution is 6.01. The van der Waals surface area contributed by atoms with Crippen LogP contribution < -0.4 is 14.8 Å². The zero-order valence-corrected chi connectivity index (χ0v) is 17.0. The molecule has 1 amide bonds. The Morgan fingerprint density at radius 2 is 1.73 bits per heavy atom. The minimum atomic E-state index is -0.513. The third-order valence-corrected chi connectivity index (χ3v) is 5.37. The van der Waals surface area contributed by atoms with Crippen molar-refractivity contribution < 1.29 is 19.4 Å². The molecule has 0 saturated carbocycles. The van der Waals surface area contributed by atoms with Gasteiger partial charge in [-0.1, -0.05) is 36.4 Å². The lowest BCUT2D eigenvalue weighted by atomic mass is 10.0. The Hall–Kier alpha value is -3.67. The monoisotopic (exact) mass is 404 g/mol. The first kappa shape index (κ1) is 19.6. The van der Waals surface area contributed by atoms with E-state index in [-0.39, 0.29) is 11.7 Å². The maximum absolute atomic E-state index is 13.3. The highest BCUT2D eigenvalue weighted by Crippen LogP contribution is 2.40. The molecule has 0 unspecified atom stereocenters. The van der Waals surface area contributed by atoms with Gasteiger partial charge in [0.05, 0.1) is 19.8 Å². The van der Waals surface area contributed by atoms with Crippen molar-refractivity contribution in [1.82, 2.24) is 4.90 Å². The molecular formula is C24H24N2O4. The van der Waals surface area contributed by atoms with E-state index in [9.17, 15) is 9.90 Å².